The second kappa shape index (κ2) is 7.02. The highest BCUT2D eigenvalue weighted by atomic mass is 79.9. The highest BCUT2D eigenvalue weighted by molar-refractivity contribution is 9.10. The van der Waals surface area contributed by atoms with Gasteiger partial charge in [-0.15, -0.1) is 0 Å². The number of nitrogens with one attached hydrogen (secondary N) is 1. The highest BCUT2D eigenvalue weighted by Crippen LogP contribution is 2.40. The Labute approximate surface area is 165 Å². The summed E-state index contributed by atoms with van der Waals surface area (Å²) < 4.78 is 3.00. The number of aromatic nitrogens is 2. The third-order valence-electron chi connectivity index (χ3n) is 4.40. The molecule has 0 fully saturated rings. The zero-order chi connectivity index (χ0) is 17.4. The first kappa shape index (κ1) is 17.0. The normalized spacial score (nSPS) is 13.9. The summed E-state index contributed by atoms with van der Waals surface area (Å²) in [4.78, 5) is 0. The maximum Gasteiger partial charge on any atom is 0.133 e. The Morgan fingerprint density at radius 3 is 2.44 bits per heavy atom. The van der Waals surface area contributed by atoms with Crippen molar-refractivity contribution in [3.8, 4) is 16.9 Å². The van der Waals surface area contributed by atoms with Gasteiger partial charge in [0.25, 0.3) is 0 Å². The Hall–Kier alpha value is -1.49. The molecule has 2 heterocycles. The molecule has 128 valence electrons. The van der Waals surface area contributed by atoms with E-state index in [0.717, 1.165) is 53.0 Å². The van der Waals surface area contributed by atoms with Gasteiger partial charge >= 0.3 is 0 Å². The average molecular weight is 437 g/mol. The van der Waals surface area contributed by atoms with Gasteiger partial charge in [-0.1, -0.05) is 45.2 Å². The van der Waals surface area contributed by atoms with Crippen LogP contribution in [0, 0.1) is 0 Å². The fraction of sp³-hybridized carbons (Fsp3) is 0.211. The lowest BCUT2D eigenvalue weighted by atomic mass is 10.0. The number of rotatable bonds is 2. The second-order valence-corrected chi connectivity index (χ2v) is 7.77. The molecule has 3 aromatic rings. The van der Waals surface area contributed by atoms with Gasteiger partial charge in [0, 0.05) is 22.1 Å². The number of halogens is 3. The zero-order valence-electron chi connectivity index (χ0n) is 13.4. The van der Waals surface area contributed by atoms with Crippen LogP contribution in [0.2, 0.25) is 10.0 Å². The third kappa shape index (κ3) is 3.19. The molecule has 2 aromatic carbocycles. The Balaban J connectivity index is 1.95. The standard InChI is InChI=1S/C19H16BrCl2N3/c20-12-7-9-13(10-8-12)25-19-14(4-1-2-11-23-19)18(24-25)17-15(21)5-3-6-16(17)22/h3,5-10,23H,1-2,4,11H2. The Morgan fingerprint density at radius 1 is 1.00 bits per heavy atom. The molecular weight excluding hydrogens is 421 g/mol. The molecule has 0 unspecified atom stereocenters. The molecule has 3 nitrogen and oxygen atoms in total. The fourth-order valence-electron chi connectivity index (χ4n) is 3.20. The molecule has 0 bridgehead atoms. The quantitative estimate of drug-likeness (QED) is 0.506. The van der Waals surface area contributed by atoms with Crippen molar-refractivity contribution >= 4 is 44.9 Å². The zero-order valence-corrected chi connectivity index (χ0v) is 16.5. The van der Waals surface area contributed by atoms with E-state index in [4.69, 9.17) is 28.3 Å². The molecule has 1 aromatic heterocycles. The summed E-state index contributed by atoms with van der Waals surface area (Å²) >= 11 is 16.4. The van der Waals surface area contributed by atoms with Gasteiger partial charge in [0.05, 0.1) is 15.7 Å². The van der Waals surface area contributed by atoms with Crippen LogP contribution >= 0.6 is 39.1 Å². The lowest BCUT2D eigenvalue weighted by Crippen LogP contribution is -2.07. The summed E-state index contributed by atoms with van der Waals surface area (Å²) in [5, 5.41) is 9.68. The molecule has 0 amide bonds. The van der Waals surface area contributed by atoms with Crippen molar-refractivity contribution < 1.29 is 0 Å². The van der Waals surface area contributed by atoms with Gasteiger partial charge in [-0.3, -0.25) is 0 Å². The molecule has 4 rings (SSSR count). The van der Waals surface area contributed by atoms with E-state index in [9.17, 15) is 0 Å². The summed E-state index contributed by atoms with van der Waals surface area (Å²) in [6.45, 7) is 0.935. The van der Waals surface area contributed by atoms with Crippen LogP contribution in [0.15, 0.2) is 46.9 Å². The minimum Gasteiger partial charge on any atom is -0.370 e. The number of hydrogen-bond acceptors (Lipinski definition) is 2. The Bertz CT molecular complexity index is 899. The third-order valence-corrected chi connectivity index (χ3v) is 5.56. The van der Waals surface area contributed by atoms with Crippen LogP contribution in [0.4, 0.5) is 5.82 Å². The van der Waals surface area contributed by atoms with E-state index in [0.29, 0.717) is 10.0 Å². The van der Waals surface area contributed by atoms with Crippen LogP contribution in [0.5, 0.6) is 0 Å². The van der Waals surface area contributed by atoms with Crippen molar-refractivity contribution in [3.05, 3.63) is 62.5 Å². The summed E-state index contributed by atoms with van der Waals surface area (Å²) in [7, 11) is 0. The predicted molar refractivity (Wildman–Crippen MR) is 108 cm³/mol. The predicted octanol–water partition coefficient (Wildman–Crippen LogP) is 6.36. The van der Waals surface area contributed by atoms with Crippen molar-refractivity contribution in [3.63, 3.8) is 0 Å². The molecule has 0 atom stereocenters. The summed E-state index contributed by atoms with van der Waals surface area (Å²) in [6.07, 6.45) is 3.20. The van der Waals surface area contributed by atoms with E-state index in [1.165, 1.54) is 5.56 Å². The van der Waals surface area contributed by atoms with Gasteiger partial charge in [-0.2, -0.15) is 5.10 Å². The number of hydrogen-bond donors (Lipinski definition) is 1. The molecule has 0 aliphatic carbocycles. The Morgan fingerprint density at radius 2 is 1.72 bits per heavy atom. The van der Waals surface area contributed by atoms with Gasteiger partial charge in [-0.25, -0.2) is 4.68 Å². The van der Waals surface area contributed by atoms with Crippen molar-refractivity contribution in [2.24, 2.45) is 0 Å². The molecule has 0 saturated heterocycles. The largest absolute Gasteiger partial charge is 0.370 e. The molecular formula is C19H16BrCl2N3. The van der Waals surface area contributed by atoms with Gasteiger partial charge in [0.1, 0.15) is 11.5 Å². The van der Waals surface area contributed by atoms with E-state index in [1.54, 1.807) is 0 Å². The molecule has 25 heavy (non-hydrogen) atoms. The smallest absolute Gasteiger partial charge is 0.133 e. The van der Waals surface area contributed by atoms with Crippen LogP contribution in [0.25, 0.3) is 16.9 Å². The Kier molecular flexibility index (Phi) is 4.76. The first-order valence-corrected chi connectivity index (χ1v) is 9.76. The van der Waals surface area contributed by atoms with E-state index in [2.05, 4.69) is 21.2 Å². The van der Waals surface area contributed by atoms with Crippen LogP contribution < -0.4 is 5.32 Å². The fourth-order valence-corrected chi connectivity index (χ4v) is 4.04. The van der Waals surface area contributed by atoms with Crippen molar-refractivity contribution in [1.82, 2.24) is 9.78 Å². The van der Waals surface area contributed by atoms with E-state index < -0.39 is 0 Å². The summed E-state index contributed by atoms with van der Waals surface area (Å²) in [6, 6.07) is 13.7. The van der Waals surface area contributed by atoms with Gasteiger partial charge < -0.3 is 5.32 Å². The summed E-state index contributed by atoms with van der Waals surface area (Å²) in [5.74, 6) is 1.03. The van der Waals surface area contributed by atoms with Crippen LogP contribution in [-0.4, -0.2) is 16.3 Å². The maximum absolute atomic E-state index is 6.46. The van der Waals surface area contributed by atoms with E-state index >= 15 is 0 Å². The lowest BCUT2D eigenvalue weighted by Gasteiger charge is -2.09. The molecule has 1 aliphatic heterocycles. The number of anilines is 1. The molecule has 0 spiro atoms. The minimum absolute atomic E-state index is 0.625. The molecule has 1 N–H and O–H groups in total. The lowest BCUT2D eigenvalue weighted by molar-refractivity contribution is 0.780. The first-order chi connectivity index (χ1) is 12.1. The topological polar surface area (TPSA) is 29.9 Å². The number of benzene rings is 2. The number of fused-ring (bicyclic) bond motifs is 1. The van der Waals surface area contributed by atoms with Gasteiger partial charge in [0.15, 0.2) is 0 Å². The molecule has 0 saturated carbocycles. The van der Waals surface area contributed by atoms with Crippen LogP contribution in [0.3, 0.4) is 0 Å². The van der Waals surface area contributed by atoms with Gasteiger partial charge in [-0.05, 0) is 55.7 Å². The molecule has 1 aliphatic rings. The van der Waals surface area contributed by atoms with Crippen molar-refractivity contribution in [1.29, 1.82) is 0 Å². The van der Waals surface area contributed by atoms with Crippen LogP contribution in [-0.2, 0) is 6.42 Å². The average Bonchev–Trinajstić information content (AvgIpc) is 2.78. The first-order valence-electron chi connectivity index (χ1n) is 8.21. The van der Waals surface area contributed by atoms with Crippen molar-refractivity contribution in [2.75, 3.05) is 11.9 Å². The van der Waals surface area contributed by atoms with E-state index in [1.807, 2.05) is 47.1 Å². The number of nitrogens with zero attached hydrogens (tertiary/aromatic N) is 2. The molecule has 0 radical (unpaired) electrons. The minimum atomic E-state index is 0.625. The van der Waals surface area contributed by atoms with Gasteiger partial charge in [0.2, 0.25) is 0 Å². The van der Waals surface area contributed by atoms with E-state index in [-0.39, 0.29) is 0 Å². The van der Waals surface area contributed by atoms with Crippen LogP contribution in [0.1, 0.15) is 18.4 Å². The maximum atomic E-state index is 6.46. The second-order valence-electron chi connectivity index (χ2n) is 6.04. The highest BCUT2D eigenvalue weighted by Gasteiger charge is 2.24. The monoisotopic (exact) mass is 435 g/mol. The summed E-state index contributed by atoms with van der Waals surface area (Å²) in [5.41, 5.74) is 3.85. The SMILES string of the molecule is Clc1cccc(Cl)c1-c1nn(-c2ccc(Br)cc2)c2c1CCCCN2. The molecule has 6 heteroatoms. The van der Waals surface area contributed by atoms with Crippen molar-refractivity contribution in [2.45, 2.75) is 19.3 Å².